The van der Waals surface area contributed by atoms with Crippen LogP contribution in [0.4, 0.5) is 4.39 Å². The summed E-state index contributed by atoms with van der Waals surface area (Å²) in [5.41, 5.74) is 0. The molecule has 0 unspecified atom stereocenters. The van der Waals surface area contributed by atoms with Gasteiger partial charge >= 0.3 is 0 Å². The van der Waals surface area contributed by atoms with Crippen LogP contribution in [0.3, 0.4) is 0 Å². The average Bonchev–Trinajstić information content (AvgIpc) is 3.06. The van der Waals surface area contributed by atoms with Crippen molar-refractivity contribution in [2.45, 2.75) is 32.2 Å². The van der Waals surface area contributed by atoms with Crippen molar-refractivity contribution in [3.63, 3.8) is 0 Å². The van der Waals surface area contributed by atoms with Gasteiger partial charge in [-0.05, 0) is 57.1 Å². The van der Waals surface area contributed by atoms with Crippen LogP contribution in [0.25, 0.3) is 0 Å². The summed E-state index contributed by atoms with van der Waals surface area (Å²) in [5.74, 6) is 2.11. The van der Waals surface area contributed by atoms with E-state index >= 15 is 0 Å². The fourth-order valence-electron chi connectivity index (χ4n) is 3.06. The van der Waals surface area contributed by atoms with Gasteiger partial charge in [-0.15, -0.1) is 10.2 Å². The molecular formula is C17H23FN4O. The van der Waals surface area contributed by atoms with E-state index in [-0.39, 0.29) is 5.82 Å². The minimum Gasteiger partial charge on any atom is -0.492 e. The third kappa shape index (κ3) is 4.07. The summed E-state index contributed by atoms with van der Waals surface area (Å²) in [7, 11) is 0. The first-order valence-electron chi connectivity index (χ1n) is 8.24. The highest BCUT2D eigenvalue weighted by Gasteiger charge is 2.23. The molecule has 3 rings (SSSR count). The Labute approximate surface area is 136 Å². The van der Waals surface area contributed by atoms with Gasteiger partial charge in [-0.1, -0.05) is 0 Å². The van der Waals surface area contributed by atoms with Gasteiger partial charge in [0.1, 0.15) is 30.3 Å². The number of likely N-dealkylation sites (tertiary alicyclic amines) is 1. The maximum atomic E-state index is 12.8. The van der Waals surface area contributed by atoms with Gasteiger partial charge in [0.25, 0.3) is 0 Å². The van der Waals surface area contributed by atoms with Crippen molar-refractivity contribution in [2.24, 2.45) is 0 Å². The number of aromatic nitrogens is 3. The molecule has 2 aromatic rings. The van der Waals surface area contributed by atoms with Crippen LogP contribution in [-0.2, 0) is 6.54 Å². The second-order valence-electron chi connectivity index (χ2n) is 5.89. The third-order valence-corrected chi connectivity index (χ3v) is 4.43. The van der Waals surface area contributed by atoms with Crippen LogP contribution in [0.2, 0.25) is 0 Å². The lowest BCUT2D eigenvalue weighted by molar-refractivity contribution is 0.170. The number of halogens is 1. The minimum atomic E-state index is -0.237. The summed E-state index contributed by atoms with van der Waals surface area (Å²) >= 11 is 0. The second-order valence-corrected chi connectivity index (χ2v) is 5.89. The van der Waals surface area contributed by atoms with E-state index in [1.54, 1.807) is 12.1 Å². The van der Waals surface area contributed by atoms with Crippen molar-refractivity contribution in [1.82, 2.24) is 19.7 Å². The first-order chi connectivity index (χ1) is 11.3. The van der Waals surface area contributed by atoms with E-state index in [0.29, 0.717) is 12.5 Å². The van der Waals surface area contributed by atoms with Crippen molar-refractivity contribution in [3.05, 3.63) is 42.2 Å². The van der Waals surface area contributed by atoms with E-state index in [1.165, 1.54) is 12.1 Å². The quantitative estimate of drug-likeness (QED) is 0.821. The lowest BCUT2D eigenvalue weighted by atomic mass is 9.96. The van der Waals surface area contributed by atoms with Crippen molar-refractivity contribution in [2.75, 3.05) is 26.2 Å². The first-order valence-corrected chi connectivity index (χ1v) is 8.24. The molecule has 0 radical (unpaired) electrons. The lowest BCUT2D eigenvalue weighted by Crippen LogP contribution is -2.36. The molecule has 0 atom stereocenters. The van der Waals surface area contributed by atoms with Crippen molar-refractivity contribution >= 4 is 0 Å². The Morgan fingerprint density at radius 3 is 2.65 bits per heavy atom. The summed E-state index contributed by atoms with van der Waals surface area (Å²) < 4.78 is 20.6. The van der Waals surface area contributed by atoms with Gasteiger partial charge in [0.05, 0.1) is 0 Å². The summed E-state index contributed by atoms with van der Waals surface area (Å²) in [5, 5.41) is 8.31. The van der Waals surface area contributed by atoms with Gasteiger partial charge in [0, 0.05) is 19.0 Å². The summed E-state index contributed by atoms with van der Waals surface area (Å²) in [4.78, 5) is 2.41. The van der Waals surface area contributed by atoms with Crippen LogP contribution < -0.4 is 4.74 Å². The molecule has 0 N–H and O–H groups in total. The summed E-state index contributed by atoms with van der Waals surface area (Å²) in [6, 6.07) is 6.17. The molecule has 0 amide bonds. The molecule has 0 bridgehead atoms. The number of rotatable bonds is 6. The zero-order valence-electron chi connectivity index (χ0n) is 13.5. The lowest BCUT2D eigenvalue weighted by Gasteiger charge is -2.31. The molecule has 1 saturated heterocycles. The number of hydrogen-bond acceptors (Lipinski definition) is 4. The normalized spacial score (nSPS) is 16.6. The largest absolute Gasteiger partial charge is 0.492 e. The smallest absolute Gasteiger partial charge is 0.135 e. The standard InChI is InChI=1S/C17H23FN4O/c1-2-22-13-19-20-17(22)14-7-9-21(10-8-14)11-12-23-16-5-3-15(18)4-6-16/h3-6,13-14H,2,7-12H2,1H3. The number of ether oxygens (including phenoxy) is 1. The van der Waals surface area contributed by atoms with Crippen LogP contribution in [0.15, 0.2) is 30.6 Å². The van der Waals surface area contributed by atoms with Gasteiger partial charge in [-0.3, -0.25) is 4.90 Å². The Hall–Kier alpha value is -1.95. The van der Waals surface area contributed by atoms with Gasteiger partial charge < -0.3 is 9.30 Å². The van der Waals surface area contributed by atoms with E-state index in [9.17, 15) is 4.39 Å². The maximum absolute atomic E-state index is 12.8. The van der Waals surface area contributed by atoms with E-state index in [4.69, 9.17) is 4.74 Å². The molecule has 2 heterocycles. The molecular weight excluding hydrogens is 295 g/mol. The molecule has 1 fully saturated rings. The van der Waals surface area contributed by atoms with E-state index in [0.717, 1.165) is 50.6 Å². The predicted octanol–water partition coefficient (Wildman–Crippen LogP) is 2.70. The number of nitrogens with zero attached hydrogens (tertiary/aromatic N) is 4. The van der Waals surface area contributed by atoms with Crippen molar-refractivity contribution in [1.29, 1.82) is 0 Å². The Bertz CT molecular complexity index is 605. The highest BCUT2D eigenvalue weighted by molar-refractivity contribution is 5.21. The van der Waals surface area contributed by atoms with Gasteiger partial charge in [0.2, 0.25) is 0 Å². The van der Waals surface area contributed by atoms with Crippen LogP contribution >= 0.6 is 0 Å². The summed E-state index contributed by atoms with van der Waals surface area (Å²) in [6.45, 7) is 6.66. The molecule has 1 aromatic heterocycles. The number of hydrogen-bond donors (Lipinski definition) is 0. The maximum Gasteiger partial charge on any atom is 0.135 e. The topological polar surface area (TPSA) is 43.2 Å². The predicted molar refractivity (Wildman–Crippen MR) is 86.0 cm³/mol. The molecule has 0 spiro atoms. The van der Waals surface area contributed by atoms with Crippen LogP contribution in [0.5, 0.6) is 5.75 Å². The van der Waals surface area contributed by atoms with E-state index in [2.05, 4.69) is 26.6 Å². The Morgan fingerprint density at radius 1 is 1.22 bits per heavy atom. The van der Waals surface area contributed by atoms with Gasteiger partial charge in [0.15, 0.2) is 0 Å². The van der Waals surface area contributed by atoms with Crippen molar-refractivity contribution < 1.29 is 9.13 Å². The molecule has 5 nitrogen and oxygen atoms in total. The molecule has 1 aliphatic rings. The molecule has 124 valence electrons. The van der Waals surface area contributed by atoms with Gasteiger partial charge in [-0.2, -0.15) is 0 Å². The molecule has 1 aliphatic heterocycles. The zero-order chi connectivity index (χ0) is 16.1. The highest BCUT2D eigenvalue weighted by Crippen LogP contribution is 2.26. The zero-order valence-corrected chi connectivity index (χ0v) is 13.5. The molecule has 0 aliphatic carbocycles. The van der Waals surface area contributed by atoms with Crippen LogP contribution in [-0.4, -0.2) is 45.9 Å². The monoisotopic (exact) mass is 318 g/mol. The number of benzene rings is 1. The number of aryl methyl sites for hydroxylation is 1. The van der Waals surface area contributed by atoms with Crippen LogP contribution in [0.1, 0.15) is 31.5 Å². The average molecular weight is 318 g/mol. The Kier molecular flexibility index (Phi) is 5.23. The van der Waals surface area contributed by atoms with E-state index in [1.807, 2.05) is 6.33 Å². The Morgan fingerprint density at radius 2 is 1.96 bits per heavy atom. The van der Waals surface area contributed by atoms with Crippen molar-refractivity contribution in [3.8, 4) is 5.75 Å². The van der Waals surface area contributed by atoms with Gasteiger partial charge in [-0.25, -0.2) is 4.39 Å². The fourth-order valence-corrected chi connectivity index (χ4v) is 3.06. The third-order valence-electron chi connectivity index (χ3n) is 4.43. The second kappa shape index (κ2) is 7.55. The molecule has 23 heavy (non-hydrogen) atoms. The fraction of sp³-hybridized carbons (Fsp3) is 0.529. The Balaban J connectivity index is 1.42. The van der Waals surface area contributed by atoms with Crippen LogP contribution in [0, 0.1) is 5.82 Å². The van der Waals surface area contributed by atoms with E-state index < -0.39 is 0 Å². The molecule has 1 aromatic carbocycles. The molecule has 6 heteroatoms. The summed E-state index contributed by atoms with van der Waals surface area (Å²) in [6.07, 6.45) is 4.03. The first kappa shape index (κ1) is 15.9. The highest BCUT2D eigenvalue weighted by atomic mass is 19.1. The molecule has 0 saturated carbocycles. The minimum absolute atomic E-state index is 0.237. The number of piperidine rings is 1. The SMILES string of the molecule is CCn1cnnc1C1CCN(CCOc2ccc(F)cc2)CC1.